The first-order valence-electron chi connectivity index (χ1n) is 7.52. The summed E-state index contributed by atoms with van der Waals surface area (Å²) in [6.45, 7) is 4.30. The first kappa shape index (κ1) is 15.6. The highest BCUT2D eigenvalue weighted by Gasteiger charge is 2.32. The number of carbonyl (C=O) groups is 1. The summed E-state index contributed by atoms with van der Waals surface area (Å²) in [5.41, 5.74) is 0.907. The van der Waals surface area contributed by atoms with Crippen molar-refractivity contribution in [3.63, 3.8) is 0 Å². The molecule has 1 aromatic carbocycles. The second kappa shape index (κ2) is 6.80. The van der Waals surface area contributed by atoms with Crippen molar-refractivity contribution in [2.75, 3.05) is 20.1 Å². The fourth-order valence-electron chi connectivity index (χ4n) is 2.75. The summed E-state index contributed by atoms with van der Waals surface area (Å²) in [6.07, 6.45) is 2.96. The van der Waals surface area contributed by atoms with Crippen molar-refractivity contribution in [1.82, 2.24) is 9.80 Å². The molecule has 1 heterocycles. The van der Waals surface area contributed by atoms with Gasteiger partial charge in [0, 0.05) is 26.7 Å². The van der Waals surface area contributed by atoms with Crippen molar-refractivity contribution in [2.24, 2.45) is 0 Å². The molecule has 1 aromatic rings. The van der Waals surface area contributed by atoms with E-state index in [1.165, 1.54) is 6.07 Å². The van der Waals surface area contributed by atoms with E-state index in [9.17, 15) is 15.0 Å². The zero-order valence-electron chi connectivity index (χ0n) is 12.7. The number of unbranched alkanes of at least 4 members (excludes halogenated alkanes) is 1. The second-order valence-electron chi connectivity index (χ2n) is 5.71. The van der Waals surface area contributed by atoms with Crippen LogP contribution >= 0.6 is 0 Å². The van der Waals surface area contributed by atoms with Crippen molar-refractivity contribution < 1.29 is 15.0 Å². The number of amides is 1. The van der Waals surface area contributed by atoms with Gasteiger partial charge in [0.1, 0.15) is 0 Å². The van der Waals surface area contributed by atoms with Crippen LogP contribution in [0.15, 0.2) is 18.2 Å². The number of phenols is 2. The SMILES string of the molecule is CCCC[C@@H]1C(=O)N(C)CCN1Cc1ccc(O)c(O)c1. The largest absolute Gasteiger partial charge is 0.504 e. The van der Waals surface area contributed by atoms with Crippen LogP contribution in [0.3, 0.4) is 0 Å². The monoisotopic (exact) mass is 292 g/mol. The lowest BCUT2D eigenvalue weighted by molar-refractivity contribution is -0.140. The Balaban J connectivity index is 2.11. The highest BCUT2D eigenvalue weighted by atomic mass is 16.3. The molecule has 1 fully saturated rings. The molecule has 116 valence electrons. The van der Waals surface area contributed by atoms with Crippen molar-refractivity contribution in [2.45, 2.75) is 38.8 Å². The summed E-state index contributed by atoms with van der Waals surface area (Å²) in [4.78, 5) is 16.3. The smallest absolute Gasteiger partial charge is 0.239 e. The van der Waals surface area contributed by atoms with Gasteiger partial charge in [-0.2, -0.15) is 0 Å². The third-order valence-corrected chi connectivity index (χ3v) is 4.08. The molecule has 2 rings (SSSR count). The quantitative estimate of drug-likeness (QED) is 0.814. The molecule has 1 amide bonds. The molecule has 0 spiro atoms. The predicted molar refractivity (Wildman–Crippen MR) is 81.1 cm³/mol. The van der Waals surface area contributed by atoms with Crippen LogP contribution < -0.4 is 0 Å². The van der Waals surface area contributed by atoms with Gasteiger partial charge in [0.2, 0.25) is 5.91 Å². The minimum Gasteiger partial charge on any atom is -0.504 e. The average molecular weight is 292 g/mol. The van der Waals surface area contributed by atoms with Gasteiger partial charge in [-0.1, -0.05) is 25.8 Å². The Morgan fingerprint density at radius 3 is 2.67 bits per heavy atom. The summed E-state index contributed by atoms with van der Waals surface area (Å²) in [6, 6.07) is 4.76. The summed E-state index contributed by atoms with van der Waals surface area (Å²) in [5, 5.41) is 19.0. The maximum absolute atomic E-state index is 12.3. The van der Waals surface area contributed by atoms with Crippen LogP contribution in [0, 0.1) is 0 Å². The molecule has 1 atom stereocenters. The third kappa shape index (κ3) is 3.67. The van der Waals surface area contributed by atoms with E-state index in [-0.39, 0.29) is 23.4 Å². The predicted octanol–water partition coefficient (Wildman–Crippen LogP) is 1.93. The minimum absolute atomic E-state index is 0.0837. The molecule has 0 unspecified atom stereocenters. The number of hydrogen-bond acceptors (Lipinski definition) is 4. The number of carbonyl (C=O) groups excluding carboxylic acids is 1. The Morgan fingerprint density at radius 2 is 2.00 bits per heavy atom. The van der Waals surface area contributed by atoms with Gasteiger partial charge in [0.25, 0.3) is 0 Å². The van der Waals surface area contributed by atoms with Crippen molar-refractivity contribution in [3.05, 3.63) is 23.8 Å². The van der Waals surface area contributed by atoms with Gasteiger partial charge in [0.05, 0.1) is 6.04 Å². The fraction of sp³-hybridized carbons (Fsp3) is 0.562. The molecule has 0 aromatic heterocycles. The zero-order valence-corrected chi connectivity index (χ0v) is 12.7. The molecular formula is C16H24N2O3. The first-order valence-corrected chi connectivity index (χ1v) is 7.52. The first-order chi connectivity index (χ1) is 10.0. The van der Waals surface area contributed by atoms with Crippen molar-refractivity contribution in [3.8, 4) is 11.5 Å². The molecule has 21 heavy (non-hydrogen) atoms. The highest BCUT2D eigenvalue weighted by molar-refractivity contribution is 5.82. The van der Waals surface area contributed by atoms with Gasteiger partial charge < -0.3 is 15.1 Å². The van der Waals surface area contributed by atoms with Crippen molar-refractivity contribution in [1.29, 1.82) is 0 Å². The molecule has 5 nitrogen and oxygen atoms in total. The van der Waals surface area contributed by atoms with Crippen LogP contribution in [0.2, 0.25) is 0 Å². The lowest BCUT2D eigenvalue weighted by atomic mass is 10.0. The number of aromatic hydroxyl groups is 2. The van der Waals surface area contributed by atoms with Crippen LogP contribution in [0.25, 0.3) is 0 Å². The van der Waals surface area contributed by atoms with Crippen molar-refractivity contribution >= 4 is 5.91 Å². The molecule has 5 heteroatoms. The molecule has 0 saturated carbocycles. The molecule has 1 aliphatic heterocycles. The molecular weight excluding hydrogens is 268 g/mol. The normalized spacial score (nSPS) is 20.0. The summed E-state index contributed by atoms with van der Waals surface area (Å²) >= 11 is 0. The van der Waals surface area contributed by atoms with Crippen LogP contribution in [0.5, 0.6) is 11.5 Å². The molecule has 0 aliphatic carbocycles. The number of benzene rings is 1. The van der Waals surface area contributed by atoms with Gasteiger partial charge in [-0.3, -0.25) is 9.69 Å². The Labute approximate surface area is 125 Å². The van der Waals surface area contributed by atoms with Crippen LogP contribution in [-0.2, 0) is 11.3 Å². The number of likely N-dealkylation sites (N-methyl/N-ethyl adjacent to an activating group) is 1. The number of nitrogens with zero attached hydrogens (tertiary/aromatic N) is 2. The standard InChI is InChI=1S/C16H24N2O3/c1-3-4-5-13-16(21)17(2)8-9-18(13)11-12-6-7-14(19)15(20)10-12/h6-7,10,13,19-20H,3-5,8-9,11H2,1-2H3/t13-/m1/s1. The zero-order chi connectivity index (χ0) is 15.4. The molecule has 1 saturated heterocycles. The summed E-state index contributed by atoms with van der Waals surface area (Å²) in [5.74, 6) is -0.0495. The van der Waals surface area contributed by atoms with E-state index in [0.29, 0.717) is 6.54 Å². The van der Waals surface area contributed by atoms with Gasteiger partial charge in [-0.25, -0.2) is 0 Å². The maximum atomic E-state index is 12.3. The molecule has 0 radical (unpaired) electrons. The van der Waals surface area contributed by atoms with Crippen LogP contribution in [-0.4, -0.2) is 52.1 Å². The Kier molecular flexibility index (Phi) is 5.07. The van der Waals surface area contributed by atoms with E-state index >= 15 is 0 Å². The van der Waals surface area contributed by atoms with Gasteiger partial charge >= 0.3 is 0 Å². The maximum Gasteiger partial charge on any atom is 0.239 e. The second-order valence-corrected chi connectivity index (χ2v) is 5.71. The lowest BCUT2D eigenvalue weighted by Gasteiger charge is -2.39. The average Bonchev–Trinajstić information content (AvgIpc) is 2.46. The molecule has 2 N–H and O–H groups in total. The number of hydrogen-bond donors (Lipinski definition) is 2. The topological polar surface area (TPSA) is 64.0 Å². The molecule has 0 bridgehead atoms. The number of rotatable bonds is 5. The van der Waals surface area contributed by atoms with Gasteiger partial charge in [-0.15, -0.1) is 0 Å². The molecule has 1 aliphatic rings. The van der Waals surface area contributed by atoms with E-state index in [1.54, 1.807) is 17.0 Å². The number of phenolic OH excluding ortho intramolecular Hbond substituents is 2. The van der Waals surface area contributed by atoms with Gasteiger partial charge in [-0.05, 0) is 24.1 Å². The highest BCUT2D eigenvalue weighted by Crippen LogP contribution is 2.27. The Bertz CT molecular complexity index is 504. The fourth-order valence-corrected chi connectivity index (χ4v) is 2.75. The lowest BCUT2D eigenvalue weighted by Crippen LogP contribution is -2.55. The van der Waals surface area contributed by atoms with Crippen LogP contribution in [0.1, 0.15) is 31.7 Å². The third-order valence-electron chi connectivity index (χ3n) is 4.08. The minimum atomic E-state index is -0.115. The summed E-state index contributed by atoms with van der Waals surface area (Å²) in [7, 11) is 1.85. The van der Waals surface area contributed by atoms with E-state index < -0.39 is 0 Å². The van der Waals surface area contributed by atoms with Gasteiger partial charge in [0.15, 0.2) is 11.5 Å². The van der Waals surface area contributed by atoms with E-state index in [2.05, 4.69) is 11.8 Å². The Hall–Kier alpha value is -1.75. The van der Waals surface area contributed by atoms with E-state index in [4.69, 9.17) is 0 Å². The van der Waals surface area contributed by atoms with Crippen LogP contribution in [0.4, 0.5) is 0 Å². The summed E-state index contributed by atoms with van der Waals surface area (Å²) < 4.78 is 0. The van der Waals surface area contributed by atoms with E-state index in [0.717, 1.165) is 37.9 Å². The number of piperazine rings is 1. The van der Waals surface area contributed by atoms with E-state index in [1.807, 2.05) is 7.05 Å². The Morgan fingerprint density at radius 1 is 1.24 bits per heavy atom.